The number of aromatic amines is 1. The number of aromatic hydroxyl groups is 1. The van der Waals surface area contributed by atoms with Crippen LogP contribution in [0.25, 0.3) is 10.9 Å². The fourth-order valence-electron chi connectivity index (χ4n) is 2.24. The van der Waals surface area contributed by atoms with E-state index in [9.17, 15) is 9.59 Å². The normalized spacial score (nSPS) is 11.4. The van der Waals surface area contributed by atoms with Gasteiger partial charge in [-0.2, -0.15) is 0 Å². The number of carbonyl (C=O) groups is 2. The summed E-state index contributed by atoms with van der Waals surface area (Å²) in [5, 5.41) is 18.8. The third kappa shape index (κ3) is 4.91. The Balaban J connectivity index is 0.000000196. The van der Waals surface area contributed by atoms with Crippen molar-refractivity contribution in [3.63, 3.8) is 0 Å². The van der Waals surface area contributed by atoms with Gasteiger partial charge in [-0.05, 0) is 29.8 Å². The lowest BCUT2D eigenvalue weighted by Crippen LogP contribution is -2.32. The van der Waals surface area contributed by atoms with Gasteiger partial charge in [0.2, 0.25) is 0 Å². The molecule has 0 saturated heterocycles. The number of halogens is 1. The standard InChI is InChI=1S/C11H12N2O2.C7H5BrO2/c12-9(11(14)15)5-7-6-13-10-4-2-1-3-8(7)10;8-6-2-1-5(4-9)7(10)3-6/h1-4,6,9,13H,5,12H2,(H,14,15);1-4,10H/t9-;/m0./s1. The minimum absolute atomic E-state index is 0.00405. The van der Waals surface area contributed by atoms with Crippen LogP contribution in [0.15, 0.2) is 53.1 Å². The molecule has 0 aliphatic carbocycles. The summed E-state index contributed by atoms with van der Waals surface area (Å²) in [5.41, 5.74) is 7.74. The number of phenolic OH excluding ortho intramolecular Hbond substituents is 1. The summed E-state index contributed by atoms with van der Waals surface area (Å²) in [6, 6.07) is 11.6. The number of aliphatic carboxylic acids is 1. The van der Waals surface area contributed by atoms with Crippen molar-refractivity contribution in [2.24, 2.45) is 5.73 Å². The van der Waals surface area contributed by atoms with Crippen LogP contribution in [0.1, 0.15) is 15.9 Å². The van der Waals surface area contributed by atoms with Crippen molar-refractivity contribution >= 4 is 39.1 Å². The van der Waals surface area contributed by atoms with E-state index in [0.29, 0.717) is 18.3 Å². The molecule has 6 nitrogen and oxygen atoms in total. The summed E-state index contributed by atoms with van der Waals surface area (Å²) in [5.74, 6) is -0.968. The summed E-state index contributed by atoms with van der Waals surface area (Å²) in [7, 11) is 0. The second-order valence-corrected chi connectivity index (χ2v) is 6.25. The lowest BCUT2D eigenvalue weighted by atomic mass is 10.1. The number of phenols is 1. The molecule has 1 atom stereocenters. The number of rotatable bonds is 4. The molecule has 0 amide bonds. The Bertz CT molecular complexity index is 892. The molecule has 0 unspecified atom stereocenters. The number of fused-ring (bicyclic) bond motifs is 1. The number of aldehydes is 1. The molecular formula is C18H17BrN2O4. The molecule has 3 rings (SSSR count). The highest BCUT2D eigenvalue weighted by atomic mass is 79.9. The van der Waals surface area contributed by atoms with E-state index >= 15 is 0 Å². The quantitative estimate of drug-likeness (QED) is 0.498. The SMILES string of the molecule is N[C@@H](Cc1c[nH]c2ccccc12)C(=O)O.O=Cc1ccc(Br)cc1O. The van der Waals surface area contributed by atoms with Gasteiger partial charge in [-0.1, -0.05) is 34.1 Å². The lowest BCUT2D eigenvalue weighted by Gasteiger charge is -2.04. The van der Waals surface area contributed by atoms with Crippen molar-refractivity contribution in [1.82, 2.24) is 4.98 Å². The molecule has 0 spiro atoms. The van der Waals surface area contributed by atoms with Crippen molar-refractivity contribution in [3.8, 4) is 5.75 Å². The summed E-state index contributed by atoms with van der Waals surface area (Å²) in [6.07, 6.45) is 2.77. The number of carbonyl (C=O) groups excluding carboxylic acids is 1. The largest absolute Gasteiger partial charge is 0.507 e. The predicted molar refractivity (Wildman–Crippen MR) is 98.8 cm³/mol. The van der Waals surface area contributed by atoms with Gasteiger partial charge in [0, 0.05) is 28.0 Å². The minimum atomic E-state index is -0.972. The third-order valence-corrected chi connectivity index (χ3v) is 4.04. The number of benzene rings is 2. The molecule has 0 saturated carbocycles. The molecule has 0 fully saturated rings. The summed E-state index contributed by atoms with van der Waals surface area (Å²) < 4.78 is 0.760. The van der Waals surface area contributed by atoms with Gasteiger partial charge in [0.1, 0.15) is 11.8 Å². The number of carboxylic acid groups (broad SMARTS) is 1. The number of H-pyrrole nitrogens is 1. The van der Waals surface area contributed by atoms with Crippen LogP contribution >= 0.6 is 15.9 Å². The number of nitrogens with one attached hydrogen (secondary N) is 1. The third-order valence-electron chi connectivity index (χ3n) is 3.55. The Labute approximate surface area is 152 Å². The van der Waals surface area contributed by atoms with Crippen LogP contribution in [0.5, 0.6) is 5.75 Å². The molecule has 0 bridgehead atoms. The molecule has 25 heavy (non-hydrogen) atoms. The summed E-state index contributed by atoms with van der Waals surface area (Å²) >= 11 is 3.15. The van der Waals surface area contributed by atoms with Crippen molar-refractivity contribution in [2.45, 2.75) is 12.5 Å². The highest BCUT2D eigenvalue weighted by molar-refractivity contribution is 9.10. The van der Waals surface area contributed by atoms with E-state index < -0.39 is 12.0 Å². The van der Waals surface area contributed by atoms with Crippen LogP contribution < -0.4 is 5.73 Å². The molecule has 2 aromatic carbocycles. The van der Waals surface area contributed by atoms with Crippen LogP contribution in [0.4, 0.5) is 0 Å². The average molecular weight is 405 g/mol. The monoisotopic (exact) mass is 404 g/mol. The van der Waals surface area contributed by atoms with Crippen LogP contribution in [0, 0.1) is 0 Å². The van der Waals surface area contributed by atoms with E-state index in [1.54, 1.807) is 12.1 Å². The molecule has 0 aliphatic heterocycles. The Kier molecular flexibility index (Phi) is 6.32. The summed E-state index contributed by atoms with van der Waals surface area (Å²) in [4.78, 5) is 23.9. The zero-order valence-electron chi connectivity index (χ0n) is 13.1. The molecule has 1 aromatic heterocycles. The number of para-hydroxylation sites is 1. The zero-order chi connectivity index (χ0) is 18.4. The Hall–Kier alpha value is -2.64. The highest BCUT2D eigenvalue weighted by Gasteiger charge is 2.14. The highest BCUT2D eigenvalue weighted by Crippen LogP contribution is 2.20. The molecule has 0 aliphatic rings. The Morgan fingerprint density at radius 2 is 2.00 bits per heavy atom. The maximum atomic E-state index is 10.6. The number of carboxylic acids is 1. The predicted octanol–water partition coefficient (Wildman–Crippen LogP) is 3.09. The maximum Gasteiger partial charge on any atom is 0.320 e. The first-order valence-electron chi connectivity index (χ1n) is 7.39. The Morgan fingerprint density at radius 3 is 2.64 bits per heavy atom. The maximum absolute atomic E-state index is 10.6. The van der Waals surface area contributed by atoms with Gasteiger partial charge in [0.05, 0.1) is 5.56 Å². The second-order valence-electron chi connectivity index (χ2n) is 5.33. The van der Waals surface area contributed by atoms with Gasteiger partial charge in [-0.3, -0.25) is 9.59 Å². The van der Waals surface area contributed by atoms with Crippen LogP contribution in [-0.4, -0.2) is 33.5 Å². The van der Waals surface area contributed by atoms with E-state index in [0.717, 1.165) is 20.9 Å². The summed E-state index contributed by atoms with van der Waals surface area (Å²) in [6.45, 7) is 0. The van der Waals surface area contributed by atoms with Crippen LogP contribution in [0.2, 0.25) is 0 Å². The zero-order valence-corrected chi connectivity index (χ0v) is 14.7. The van der Waals surface area contributed by atoms with Gasteiger partial charge in [-0.25, -0.2) is 0 Å². The molecule has 130 valence electrons. The average Bonchev–Trinajstić information content (AvgIpc) is 2.99. The van der Waals surface area contributed by atoms with Crippen LogP contribution in [-0.2, 0) is 11.2 Å². The molecule has 5 N–H and O–H groups in total. The van der Waals surface area contributed by atoms with E-state index in [1.165, 1.54) is 6.07 Å². The number of hydrogen-bond acceptors (Lipinski definition) is 4. The van der Waals surface area contributed by atoms with Gasteiger partial charge < -0.3 is 20.9 Å². The topological polar surface area (TPSA) is 116 Å². The Morgan fingerprint density at radius 1 is 1.28 bits per heavy atom. The lowest BCUT2D eigenvalue weighted by molar-refractivity contribution is -0.138. The minimum Gasteiger partial charge on any atom is -0.507 e. The number of hydrogen-bond donors (Lipinski definition) is 4. The van der Waals surface area contributed by atoms with Gasteiger partial charge in [0.15, 0.2) is 6.29 Å². The molecular weight excluding hydrogens is 388 g/mol. The molecule has 0 radical (unpaired) electrons. The van der Waals surface area contributed by atoms with Crippen molar-refractivity contribution in [3.05, 3.63) is 64.3 Å². The second kappa shape index (κ2) is 8.46. The number of aromatic nitrogens is 1. The van der Waals surface area contributed by atoms with Crippen molar-refractivity contribution < 1.29 is 19.8 Å². The van der Waals surface area contributed by atoms with E-state index in [4.69, 9.17) is 15.9 Å². The number of nitrogens with two attached hydrogens (primary N) is 1. The van der Waals surface area contributed by atoms with E-state index in [1.807, 2.05) is 30.5 Å². The fourth-order valence-corrected chi connectivity index (χ4v) is 2.59. The van der Waals surface area contributed by atoms with Gasteiger partial charge in [0.25, 0.3) is 0 Å². The van der Waals surface area contributed by atoms with E-state index in [-0.39, 0.29) is 5.75 Å². The van der Waals surface area contributed by atoms with Gasteiger partial charge in [-0.15, -0.1) is 0 Å². The first-order chi connectivity index (χ1) is 11.9. The van der Waals surface area contributed by atoms with E-state index in [2.05, 4.69) is 20.9 Å². The smallest absolute Gasteiger partial charge is 0.320 e. The molecule has 1 heterocycles. The van der Waals surface area contributed by atoms with Gasteiger partial charge >= 0.3 is 5.97 Å². The fraction of sp³-hybridized carbons (Fsp3) is 0.111. The molecule has 3 aromatic rings. The van der Waals surface area contributed by atoms with Crippen LogP contribution in [0.3, 0.4) is 0 Å². The first kappa shape index (κ1) is 18.7. The first-order valence-corrected chi connectivity index (χ1v) is 8.18. The molecule has 7 heteroatoms. The van der Waals surface area contributed by atoms with Crippen molar-refractivity contribution in [2.75, 3.05) is 0 Å². The van der Waals surface area contributed by atoms with Crippen molar-refractivity contribution in [1.29, 1.82) is 0 Å².